The highest BCUT2D eigenvalue weighted by molar-refractivity contribution is 5.89. The highest BCUT2D eigenvalue weighted by atomic mass is 16.5. The van der Waals surface area contributed by atoms with Crippen molar-refractivity contribution in [1.29, 1.82) is 0 Å². The Balaban J connectivity index is 1.82. The number of nitrogens with one attached hydrogen (secondary N) is 2. The van der Waals surface area contributed by atoms with Gasteiger partial charge in [0.05, 0.1) is 19.3 Å². The van der Waals surface area contributed by atoms with Crippen molar-refractivity contribution in [3.8, 4) is 0 Å². The Morgan fingerprint density at radius 1 is 1.42 bits per heavy atom. The molecule has 1 heterocycles. The number of aliphatic hydroxyl groups excluding tert-OH is 1. The molecule has 0 saturated heterocycles. The molecule has 1 aliphatic rings. The van der Waals surface area contributed by atoms with Gasteiger partial charge in [-0.25, -0.2) is 4.79 Å². The maximum Gasteiger partial charge on any atom is 0.319 e. The summed E-state index contributed by atoms with van der Waals surface area (Å²) in [7, 11) is 0. The van der Waals surface area contributed by atoms with Crippen molar-refractivity contribution >= 4 is 11.7 Å². The summed E-state index contributed by atoms with van der Waals surface area (Å²) in [5.41, 5.74) is 3.03. The number of hydrogen-bond acceptors (Lipinski definition) is 3. The van der Waals surface area contributed by atoms with Gasteiger partial charge in [-0.3, -0.25) is 0 Å². The van der Waals surface area contributed by atoms with Gasteiger partial charge in [0.15, 0.2) is 0 Å². The van der Waals surface area contributed by atoms with Crippen LogP contribution in [0.5, 0.6) is 0 Å². The number of carbonyl (C=O) groups excluding carboxylic acids is 1. The zero-order chi connectivity index (χ0) is 13.7. The van der Waals surface area contributed by atoms with Gasteiger partial charge in [0.2, 0.25) is 0 Å². The number of carbonyl (C=O) groups is 1. The van der Waals surface area contributed by atoms with Gasteiger partial charge in [0.1, 0.15) is 0 Å². The van der Waals surface area contributed by atoms with Crippen LogP contribution < -0.4 is 10.6 Å². The van der Waals surface area contributed by atoms with Crippen LogP contribution in [0, 0.1) is 0 Å². The molecule has 5 heteroatoms. The van der Waals surface area contributed by atoms with Gasteiger partial charge >= 0.3 is 6.03 Å². The van der Waals surface area contributed by atoms with Crippen molar-refractivity contribution in [2.75, 3.05) is 11.9 Å². The predicted octanol–water partition coefficient (Wildman–Crippen LogP) is 2.00. The molecule has 0 aromatic heterocycles. The Hall–Kier alpha value is -1.59. The van der Waals surface area contributed by atoms with Crippen LogP contribution in [0.1, 0.15) is 30.9 Å². The van der Waals surface area contributed by atoms with Gasteiger partial charge in [-0.1, -0.05) is 19.4 Å². The number of hydrogen-bond donors (Lipinski definition) is 3. The number of ether oxygens (including phenoxy) is 1. The van der Waals surface area contributed by atoms with Crippen LogP contribution in [0.25, 0.3) is 0 Å². The van der Waals surface area contributed by atoms with E-state index in [4.69, 9.17) is 4.74 Å². The van der Waals surface area contributed by atoms with E-state index < -0.39 is 6.10 Å². The van der Waals surface area contributed by atoms with Gasteiger partial charge in [0.25, 0.3) is 0 Å². The van der Waals surface area contributed by atoms with Gasteiger partial charge in [-0.15, -0.1) is 0 Å². The van der Waals surface area contributed by atoms with Gasteiger partial charge in [-0.2, -0.15) is 0 Å². The molecule has 1 aromatic rings. The normalized spacial score (nSPS) is 14.8. The molecule has 0 saturated carbocycles. The molecule has 1 atom stereocenters. The van der Waals surface area contributed by atoms with Crippen LogP contribution >= 0.6 is 0 Å². The summed E-state index contributed by atoms with van der Waals surface area (Å²) in [6, 6.07) is 5.44. The van der Waals surface area contributed by atoms with E-state index in [9.17, 15) is 9.90 Å². The van der Waals surface area contributed by atoms with E-state index in [1.54, 1.807) is 0 Å². The molecule has 5 nitrogen and oxygen atoms in total. The Kier molecular flexibility index (Phi) is 4.76. The number of amides is 2. The molecular formula is C14H20N2O3. The molecule has 0 bridgehead atoms. The highest BCUT2D eigenvalue weighted by Gasteiger charge is 2.12. The molecule has 0 radical (unpaired) electrons. The van der Waals surface area contributed by atoms with Gasteiger partial charge < -0.3 is 20.5 Å². The third-order valence-corrected chi connectivity index (χ3v) is 3.10. The first-order chi connectivity index (χ1) is 9.19. The van der Waals surface area contributed by atoms with Crippen molar-refractivity contribution < 1.29 is 14.6 Å². The first kappa shape index (κ1) is 13.8. The van der Waals surface area contributed by atoms with E-state index in [-0.39, 0.29) is 12.6 Å². The van der Waals surface area contributed by atoms with Crippen LogP contribution in [0.15, 0.2) is 18.2 Å². The Bertz CT molecular complexity index is 448. The number of benzene rings is 1. The third kappa shape index (κ3) is 3.94. The molecule has 19 heavy (non-hydrogen) atoms. The summed E-state index contributed by atoms with van der Waals surface area (Å²) in [6.07, 6.45) is 1.11. The maximum absolute atomic E-state index is 11.7. The molecule has 2 rings (SSSR count). The molecule has 2 amide bonds. The Morgan fingerprint density at radius 3 is 3.00 bits per heavy atom. The number of aliphatic hydroxyl groups is 1. The largest absolute Gasteiger partial charge is 0.391 e. The second-order valence-corrected chi connectivity index (χ2v) is 4.75. The van der Waals surface area contributed by atoms with E-state index in [1.165, 1.54) is 5.56 Å². The summed E-state index contributed by atoms with van der Waals surface area (Å²) in [5.74, 6) is 0. The van der Waals surface area contributed by atoms with Crippen molar-refractivity contribution in [2.45, 2.75) is 39.1 Å². The zero-order valence-electron chi connectivity index (χ0n) is 11.1. The summed E-state index contributed by atoms with van der Waals surface area (Å²) >= 11 is 0. The average Bonchev–Trinajstić information content (AvgIpc) is 2.84. The van der Waals surface area contributed by atoms with Crippen molar-refractivity contribution in [3.63, 3.8) is 0 Å². The fraction of sp³-hybridized carbons (Fsp3) is 0.500. The number of rotatable bonds is 5. The summed E-state index contributed by atoms with van der Waals surface area (Å²) < 4.78 is 5.32. The average molecular weight is 264 g/mol. The lowest BCUT2D eigenvalue weighted by molar-refractivity contribution is 0.134. The smallest absolute Gasteiger partial charge is 0.319 e. The van der Waals surface area contributed by atoms with E-state index >= 15 is 0 Å². The lowest BCUT2D eigenvalue weighted by Gasteiger charge is -2.12. The van der Waals surface area contributed by atoms with Crippen LogP contribution in [0.4, 0.5) is 10.5 Å². The van der Waals surface area contributed by atoms with Crippen molar-refractivity contribution in [2.24, 2.45) is 0 Å². The SMILES string of the molecule is CCCC(O)CNC(=O)Nc1ccc2c(c1)COC2. The van der Waals surface area contributed by atoms with Crippen LogP contribution in [-0.4, -0.2) is 23.8 Å². The molecule has 0 aliphatic carbocycles. The Labute approximate surface area is 113 Å². The minimum atomic E-state index is -0.482. The molecule has 0 fully saturated rings. The minimum absolute atomic E-state index is 0.272. The summed E-state index contributed by atoms with van der Waals surface area (Å²) in [6.45, 7) is 3.51. The van der Waals surface area contributed by atoms with E-state index in [1.807, 2.05) is 25.1 Å². The Morgan fingerprint density at radius 2 is 2.21 bits per heavy atom. The van der Waals surface area contributed by atoms with Crippen molar-refractivity contribution in [3.05, 3.63) is 29.3 Å². The number of anilines is 1. The van der Waals surface area contributed by atoms with Crippen molar-refractivity contribution in [1.82, 2.24) is 5.32 Å². The molecule has 1 aliphatic heterocycles. The second-order valence-electron chi connectivity index (χ2n) is 4.75. The fourth-order valence-electron chi connectivity index (χ4n) is 2.07. The zero-order valence-corrected chi connectivity index (χ0v) is 11.1. The van der Waals surface area contributed by atoms with Gasteiger partial charge in [-0.05, 0) is 29.7 Å². The summed E-state index contributed by atoms with van der Waals surface area (Å²) in [4.78, 5) is 11.7. The molecule has 1 aromatic carbocycles. The number of urea groups is 1. The topological polar surface area (TPSA) is 70.6 Å². The molecule has 0 spiro atoms. The van der Waals surface area contributed by atoms with E-state index in [2.05, 4.69) is 10.6 Å². The molecular weight excluding hydrogens is 244 g/mol. The number of fused-ring (bicyclic) bond motifs is 1. The molecule has 104 valence electrons. The second kappa shape index (κ2) is 6.54. The first-order valence-corrected chi connectivity index (χ1v) is 6.61. The maximum atomic E-state index is 11.7. The van der Waals surface area contributed by atoms with Gasteiger partial charge in [0, 0.05) is 12.2 Å². The lowest BCUT2D eigenvalue weighted by atomic mass is 10.1. The van der Waals surface area contributed by atoms with Crippen LogP contribution in [0.2, 0.25) is 0 Å². The van der Waals surface area contributed by atoms with E-state index in [0.717, 1.165) is 17.7 Å². The fourth-order valence-corrected chi connectivity index (χ4v) is 2.07. The lowest BCUT2D eigenvalue weighted by Crippen LogP contribution is -2.35. The quantitative estimate of drug-likeness (QED) is 0.761. The first-order valence-electron chi connectivity index (χ1n) is 6.61. The molecule has 1 unspecified atom stereocenters. The monoisotopic (exact) mass is 264 g/mol. The van der Waals surface area contributed by atoms with Crippen LogP contribution in [-0.2, 0) is 18.0 Å². The van der Waals surface area contributed by atoms with E-state index in [0.29, 0.717) is 19.6 Å². The standard InChI is InChI=1S/C14H20N2O3/c1-2-3-13(17)7-15-14(18)16-12-5-4-10-8-19-9-11(10)6-12/h4-6,13,17H,2-3,7-9H2,1H3,(H2,15,16,18). The third-order valence-electron chi connectivity index (χ3n) is 3.10. The minimum Gasteiger partial charge on any atom is -0.391 e. The molecule has 3 N–H and O–H groups in total. The predicted molar refractivity (Wildman–Crippen MR) is 72.9 cm³/mol. The van der Waals surface area contributed by atoms with Crippen LogP contribution in [0.3, 0.4) is 0 Å². The highest BCUT2D eigenvalue weighted by Crippen LogP contribution is 2.23. The summed E-state index contributed by atoms with van der Waals surface area (Å²) in [5, 5.41) is 14.9.